The van der Waals surface area contributed by atoms with Crippen LogP contribution in [-0.4, -0.2) is 44.4 Å². The molecular weight excluding hydrogens is 330 g/mol. The van der Waals surface area contributed by atoms with Crippen molar-refractivity contribution >= 4 is 14.2 Å². The van der Waals surface area contributed by atoms with Crippen LogP contribution < -0.4 is 0 Å². The number of hydrogen-bond donors (Lipinski definition) is 0. The van der Waals surface area contributed by atoms with Gasteiger partial charge in [0.25, 0.3) is 5.91 Å². The fourth-order valence-electron chi connectivity index (χ4n) is 3.18. The molecule has 3 rings (SSSR count). The molecule has 0 saturated carbocycles. The van der Waals surface area contributed by atoms with Crippen molar-refractivity contribution in [1.29, 1.82) is 0 Å². The number of carbonyl (C=O) groups excluding carboxylic acids is 1. The van der Waals surface area contributed by atoms with Crippen LogP contribution in [0.3, 0.4) is 0 Å². The van der Waals surface area contributed by atoms with Gasteiger partial charge >= 0.3 is 0 Å². The SMILES string of the molecule is CC(C)(C)[Si](C)(C)OC[C@@H]1CCCN1C(=O)C1OC1c1ccccc1. The molecule has 5 heteroatoms. The van der Waals surface area contributed by atoms with Crippen molar-refractivity contribution < 1.29 is 14.0 Å². The molecule has 1 aromatic carbocycles. The maximum atomic E-state index is 12.9. The van der Waals surface area contributed by atoms with E-state index in [2.05, 4.69) is 33.9 Å². The van der Waals surface area contributed by atoms with Crippen molar-refractivity contribution in [3.8, 4) is 0 Å². The Labute approximate surface area is 152 Å². The zero-order valence-corrected chi connectivity index (χ0v) is 17.1. The molecule has 0 N–H and O–H groups in total. The number of likely N-dealkylation sites (tertiary alicyclic amines) is 1. The predicted octanol–water partition coefficient (Wildman–Crippen LogP) is 4.14. The molecule has 0 spiro atoms. The quantitative estimate of drug-likeness (QED) is 0.585. The lowest BCUT2D eigenvalue weighted by atomic mass is 10.1. The fraction of sp³-hybridized carbons (Fsp3) is 0.650. The highest BCUT2D eigenvalue weighted by molar-refractivity contribution is 6.74. The normalized spacial score (nSPS) is 26.8. The van der Waals surface area contributed by atoms with Gasteiger partial charge in [0.05, 0.1) is 12.6 Å². The molecule has 1 amide bonds. The number of rotatable bonds is 5. The third-order valence-electron chi connectivity index (χ3n) is 5.97. The summed E-state index contributed by atoms with van der Waals surface area (Å²) in [7, 11) is -1.78. The van der Waals surface area contributed by atoms with Crippen molar-refractivity contribution in [1.82, 2.24) is 4.90 Å². The van der Waals surface area contributed by atoms with Crippen molar-refractivity contribution in [2.75, 3.05) is 13.2 Å². The van der Waals surface area contributed by atoms with E-state index in [1.807, 2.05) is 35.2 Å². The first-order valence-electron chi connectivity index (χ1n) is 9.35. The molecule has 0 radical (unpaired) electrons. The maximum absolute atomic E-state index is 12.9. The summed E-state index contributed by atoms with van der Waals surface area (Å²) >= 11 is 0. The first-order chi connectivity index (χ1) is 11.7. The minimum atomic E-state index is -1.78. The van der Waals surface area contributed by atoms with E-state index in [9.17, 15) is 4.79 Å². The molecule has 2 heterocycles. The molecule has 0 bridgehead atoms. The summed E-state index contributed by atoms with van der Waals surface area (Å²) in [5.74, 6) is 0.134. The molecule has 0 aromatic heterocycles. The van der Waals surface area contributed by atoms with Crippen molar-refractivity contribution in [2.45, 2.75) is 70.0 Å². The summed E-state index contributed by atoms with van der Waals surface area (Å²) in [5.41, 5.74) is 1.09. The zero-order valence-electron chi connectivity index (χ0n) is 16.1. The minimum Gasteiger partial charge on any atom is -0.415 e. The second-order valence-electron chi connectivity index (χ2n) is 8.79. The van der Waals surface area contributed by atoms with Gasteiger partial charge in [-0.1, -0.05) is 51.1 Å². The number of ether oxygens (including phenoxy) is 1. The molecule has 138 valence electrons. The van der Waals surface area contributed by atoms with Gasteiger partial charge in [0, 0.05) is 6.54 Å². The monoisotopic (exact) mass is 361 g/mol. The van der Waals surface area contributed by atoms with Crippen LogP contribution in [0, 0.1) is 0 Å². The molecule has 25 heavy (non-hydrogen) atoms. The number of carbonyl (C=O) groups is 1. The Balaban J connectivity index is 1.58. The van der Waals surface area contributed by atoms with Crippen LogP contribution in [0.5, 0.6) is 0 Å². The van der Waals surface area contributed by atoms with Gasteiger partial charge < -0.3 is 14.1 Å². The number of amides is 1. The van der Waals surface area contributed by atoms with Crippen LogP contribution in [0.15, 0.2) is 30.3 Å². The fourth-order valence-corrected chi connectivity index (χ4v) is 4.22. The largest absolute Gasteiger partial charge is 0.415 e. The summed E-state index contributed by atoms with van der Waals surface area (Å²) in [5, 5.41) is 0.193. The van der Waals surface area contributed by atoms with Crippen LogP contribution in [0.4, 0.5) is 0 Å². The van der Waals surface area contributed by atoms with Gasteiger partial charge in [-0.15, -0.1) is 0 Å². The summed E-state index contributed by atoms with van der Waals surface area (Å²) in [6.45, 7) is 12.8. The molecule has 0 aliphatic carbocycles. The first kappa shape index (κ1) is 18.6. The van der Waals surface area contributed by atoms with E-state index in [1.54, 1.807) is 0 Å². The molecule has 2 unspecified atom stereocenters. The lowest BCUT2D eigenvalue weighted by Crippen LogP contribution is -2.46. The standard InChI is InChI=1S/C20H31NO3Si/c1-20(2,3)25(4,5)23-14-16-12-9-13-21(16)19(22)18-17(24-18)15-10-7-6-8-11-15/h6-8,10-11,16-18H,9,12-14H2,1-5H3/t16-,17?,18?/m0/s1. The Kier molecular flexibility index (Phi) is 5.10. The van der Waals surface area contributed by atoms with E-state index in [4.69, 9.17) is 9.16 Å². The number of benzene rings is 1. The van der Waals surface area contributed by atoms with Crippen LogP contribution in [0.25, 0.3) is 0 Å². The summed E-state index contributed by atoms with van der Waals surface area (Å²) in [6.07, 6.45) is 1.70. The summed E-state index contributed by atoms with van der Waals surface area (Å²) in [6, 6.07) is 10.2. The highest BCUT2D eigenvalue weighted by atomic mass is 28.4. The Morgan fingerprint density at radius 3 is 2.60 bits per heavy atom. The lowest BCUT2D eigenvalue weighted by molar-refractivity contribution is -0.133. The molecule has 1 aromatic rings. The van der Waals surface area contributed by atoms with Gasteiger partial charge in [-0.3, -0.25) is 4.79 Å². The molecular formula is C20H31NO3Si. The Hall–Kier alpha value is -1.17. The van der Waals surface area contributed by atoms with Gasteiger partial charge in [-0.2, -0.15) is 0 Å². The van der Waals surface area contributed by atoms with Crippen LogP contribution in [-0.2, 0) is 14.0 Å². The minimum absolute atomic E-state index is 0.0729. The van der Waals surface area contributed by atoms with Gasteiger partial charge in [0.15, 0.2) is 14.4 Å². The molecule has 2 saturated heterocycles. The second-order valence-corrected chi connectivity index (χ2v) is 13.6. The van der Waals surface area contributed by atoms with E-state index in [0.717, 1.165) is 24.9 Å². The highest BCUT2D eigenvalue weighted by Gasteiger charge is 2.50. The highest BCUT2D eigenvalue weighted by Crippen LogP contribution is 2.41. The summed E-state index contributed by atoms with van der Waals surface area (Å²) in [4.78, 5) is 14.9. The predicted molar refractivity (Wildman–Crippen MR) is 102 cm³/mol. The Morgan fingerprint density at radius 1 is 1.28 bits per heavy atom. The maximum Gasteiger partial charge on any atom is 0.255 e. The molecule has 2 fully saturated rings. The Morgan fingerprint density at radius 2 is 1.96 bits per heavy atom. The van der Waals surface area contributed by atoms with Gasteiger partial charge in [0.1, 0.15) is 6.10 Å². The molecule has 2 aliphatic heterocycles. The smallest absolute Gasteiger partial charge is 0.255 e. The van der Waals surface area contributed by atoms with Gasteiger partial charge in [-0.25, -0.2) is 0 Å². The average molecular weight is 362 g/mol. The number of hydrogen-bond acceptors (Lipinski definition) is 3. The second kappa shape index (κ2) is 6.86. The molecule has 4 nitrogen and oxygen atoms in total. The lowest BCUT2D eigenvalue weighted by Gasteiger charge is -2.38. The van der Waals surface area contributed by atoms with Crippen LogP contribution in [0.2, 0.25) is 18.1 Å². The van der Waals surface area contributed by atoms with E-state index in [-0.39, 0.29) is 29.2 Å². The van der Waals surface area contributed by atoms with Crippen LogP contribution >= 0.6 is 0 Å². The van der Waals surface area contributed by atoms with Gasteiger partial charge in [0.2, 0.25) is 0 Å². The molecule has 3 atom stereocenters. The number of epoxide rings is 1. The van der Waals surface area contributed by atoms with E-state index >= 15 is 0 Å². The Bertz CT molecular complexity index is 611. The van der Waals surface area contributed by atoms with Gasteiger partial charge in [-0.05, 0) is 36.5 Å². The third-order valence-corrected chi connectivity index (χ3v) is 10.5. The van der Waals surface area contributed by atoms with Crippen LogP contribution in [0.1, 0.15) is 45.3 Å². The van der Waals surface area contributed by atoms with E-state index in [1.165, 1.54) is 0 Å². The van der Waals surface area contributed by atoms with Crippen molar-refractivity contribution in [3.05, 3.63) is 35.9 Å². The summed E-state index contributed by atoms with van der Waals surface area (Å²) < 4.78 is 12.1. The average Bonchev–Trinajstić information content (AvgIpc) is 3.22. The van der Waals surface area contributed by atoms with E-state index in [0.29, 0.717) is 6.61 Å². The third kappa shape index (κ3) is 3.99. The molecule has 2 aliphatic rings. The zero-order chi connectivity index (χ0) is 18.2. The number of nitrogens with zero attached hydrogens (tertiary/aromatic N) is 1. The first-order valence-corrected chi connectivity index (χ1v) is 12.3. The van der Waals surface area contributed by atoms with Crippen molar-refractivity contribution in [3.63, 3.8) is 0 Å². The topological polar surface area (TPSA) is 42.1 Å². The van der Waals surface area contributed by atoms with Crippen molar-refractivity contribution in [2.24, 2.45) is 0 Å². The van der Waals surface area contributed by atoms with E-state index < -0.39 is 8.32 Å².